The molecule has 1 aliphatic rings. The zero-order chi connectivity index (χ0) is 22.0. The predicted molar refractivity (Wildman–Crippen MR) is 128 cm³/mol. The summed E-state index contributed by atoms with van der Waals surface area (Å²) in [6.07, 6.45) is 1.88. The number of hydrogen-bond donors (Lipinski definition) is 0. The quantitative estimate of drug-likeness (QED) is 0.436. The van der Waals surface area contributed by atoms with E-state index < -0.39 is 0 Å². The van der Waals surface area contributed by atoms with E-state index in [0.717, 1.165) is 48.9 Å². The van der Waals surface area contributed by atoms with Crippen LogP contribution in [0, 0.1) is 25.2 Å². The summed E-state index contributed by atoms with van der Waals surface area (Å²) < 4.78 is 7.65. The molecule has 0 spiro atoms. The SMILES string of the molecule is Cc1cc(/C=C(/C#N)c2ccc(Cl)cc2Cl)c(C)n1-c1ccc(N2CCOCC2)cc1. The minimum atomic E-state index is 0.466. The molecule has 3 aromatic rings. The lowest BCUT2D eigenvalue weighted by molar-refractivity contribution is 0.122. The number of hydrogen-bond acceptors (Lipinski definition) is 3. The number of aryl methyl sites for hydroxylation is 1. The number of ether oxygens (including phenoxy) is 1. The van der Waals surface area contributed by atoms with E-state index in [1.807, 2.05) is 6.08 Å². The molecule has 1 fully saturated rings. The normalized spacial score (nSPS) is 14.5. The Kier molecular flexibility index (Phi) is 6.38. The van der Waals surface area contributed by atoms with E-state index in [9.17, 15) is 5.26 Å². The van der Waals surface area contributed by atoms with Crippen molar-refractivity contribution in [3.63, 3.8) is 0 Å². The van der Waals surface area contributed by atoms with Crippen molar-refractivity contribution in [2.45, 2.75) is 13.8 Å². The lowest BCUT2D eigenvalue weighted by Gasteiger charge is -2.29. The highest BCUT2D eigenvalue weighted by atomic mass is 35.5. The Hall–Kier alpha value is -2.71. The van der Waals surface area contributed by atoms with Gasteiger partial charge in [-0.15, -0.1) is 0 Å². The van der Waals surface area contributed by atoms with Crippen LogP contribution in [0.25, 0.3) is 17.3 Å². The summed E-state index contributed by atoms with van der Waals surface area (Å²) in [7, 11) is 0. The molecule has 0 atom stereocenters. The molecule has 4 rings (SSSR count). The van der Waals surface area contributed by atoms with Crippen molar-refractivity contribution in [2.24, 2.45) is 0 Å². The molecular weight excluding hydrogens is 429 g/mol. The van der Waals surface area contributed by atoms with Crippen LogP contribution in [0.4, 0.5) is 5.69 Å². The van der Waals surface area contributed by atoms with Crippen LogP contribution in [0.1, 0.15) is 22.5 Å². The molecule has 0 aliphatic carbocycles. The van der Waals surface area contributed by atoms with E-state index in [1.54, 1.807) is 18.2 Å². The first kappa shape index (κ1) is 21.5. The summed E-state index contributed by atoms with van der Waals surface area (Å²) in [6.45, 7) is 7.51. The smallest absolute Gasteiger partial charge is 0.0998 e. The molecule has 6 heteroatoms. The third-order valence-corrected chi connectivity index (χ3v) is 6.14. The van der Waals surface area contributed by atoms with Gasteiger partial charge in [-0.2, -0.15) is 5.26 Å². The van der Waals surface area contributed by atoms with Crippen LogP contribution in [0.2, 0.25) is 10.0 Å². The average molecular weight is 452 g/mol. The van der Waals surface area contributed by atoms with E-state index in [0.29, 0.717) is 21.2 Å². The van der Waals surface area contributed by atoms with Crippen molar-refractivity contribution in [1.29, 1.82) is 5.26 Å². The number of nitrogens with zero attached hydrogens (tertiary/aromatic N) is 3. The van der Waals surface area contributed by atoms with Gasteiger partial charge in [0.25, 0.3) is 0 Å². The summed E-state index contributed by atoms with van der Waals surface area (Å²) in [5.41, 5.74) is 6.63. The summed E-state index contributed by atoms with van der Waals surface area (Å²) in [6, 6.07) is 18.1. The van der Waals surface area contributed by atoms with Gasteiger partial charge in [0, 0.05) is 46.4 Å². The Morgan fingerprint density at radius 2 is 1.68 bits per heavy atom. The molecule has 0 N–H and O–H groups in total. The Morgan fingerprint density at radius 3 is 2.32 bits per heavy atom. The summed E-state index contributed by atoms with van der Waals surface area (Å²) in [4.78, 5) is 2.34. The molecule has 1 aromatic heterocycles. The van der Waals surface area contributed by atoms with Gasteiger partial charge in [0.1, 0.15) is 0 Å². The highest BCUT2D eigenvalue weighted by Crippen LogP contribution is 2.30. The maximum absolute atomic E-state index is 9.74. The van der Waals surface area contributed by atoms with E-state index in [1.165, 1.54) is 5.69 Å². The number of allylic oxidation sites excluding steroid dienone is 1. The van der Waals surface area contributed by atoms with Gasteiger partial charge in [-0.25, -0.2) is 0 Å². The molecule has 2 aromatic carbocycles. The van der Waals surface area contributed by atoms with Gasteiger partial charge >= 0.3 is 0 Å². The van der Waals surface area contributed by atoms with Crippen LogP contribution in [-0.4, -0.2) is 30.9 Å². The topological polar surface area (TPSA) is 41.2 Å². The van der Waals surface area contributed by atoms with E-state index in [4.69, 9.17) is 27.9 Å². The molecule has 0 radical (unpaired) electrons. The number of nitriles is 1. The molecule has 4 nitrogen and oxygen atoms in total. The van der Waals surface area contributed by atoms with E-state index >= 15 is 0 Å². The summed E-state index contributed by atoms with van der Waals surface area (Å²) in [5.74, 6) is 0. The average Bonchev–Trinajstić information content (AvgIpc) is 3.06. The Bertz CT molecular complexity index is 1170. The lowest BCUT2D eigenvalue weighted by Crippen LogP contribution is -2.36. The number of benzene rings is 2. The Labute approximate surface area is 192 Å². The number of aromatic nitrogens is 1. The third-order valence-electron chi connectivity index (χ3n) is 5.60. The van der Waals surface area contributed by atoms with Gasteiger partial charge in [0.05, 0.1) is 29.9 Å². The highest BCUT2D eigenvalue weighted by molar-refractivity contribution is 6.36. The monoisotopic (exact) mass is 451 g/mol. The second kappa shape index (κ2) is 9.20. The maximum atomic E-state index is 9.74. The van der Waals surface area contributed by atoms with Crippen LogP contribution in [0.3, 0.4) is 0 Å². The minimum Gasteiger partial charge on any atom is -0.378 e. The molecule has 0 saturated carbocycles. The fourth-order valence-electron chi connectivity index (χ4n) is 4.00. The maximum Gasteiger partial charge on any atom is 0.0998 e. The van der Waals surface area contributed by atoms with Crippen molar-refractivity contribution in [2.75, 3.05) is 31.2 Å². The Morgan fingerprint density at radius 1 is 1.00 bits per heavy atom. The largest absolute Gasteiger partial charge is 0.378 e. The zero-order valence-electron chi connectivity index (χ0n) is 17.5. The van der Waals surface area contributed by atoms with Gasteiger partial charge in [0.15, 0.2) is 0 Å². The summed E-state index contributed by atoms with van der Waals surface area (Å²) in [5, 5.41) is 10.8. The van der Waals surface area contributed by atoms with Crippen molar-refractivity contribution in [3.05, 3.63) is 81.1 Å². The van der Waals surface area contributed by atoms with Crippen LogP contribution < -0.4 is 4.90 Å². The first-order valence-corrected chi connectivity index (χ1v) is 10.9. The molecule has 1 saturated heterocycles. The number of halogens is 2. The number of anilines is 1. The standard InChI is InChI=1S/C25H23Cl2N3O/c1-17-13-19(14-20(16-28)24-8-3-21(26)15-25(24)27)18(2)30(17)23-6-4-22(5-7-23)29-9-11-31-12-10-29/h3-8,13-15H,9-12H2,1-2H3/b20-14-. The third kappa shape index (κ3) is 4.50. The molecule has 31 heavy (non-hydrogen) atoms. The fourth-order valence-corrected chi connectivity index (χ4v) is 4.51. The second-order valence-corrected chi connectivity index (χ2v) is 8.42. The lowest BCUT2D eigenvalue weighted by atomic mass is 10.0. The Balaban J connectivity index is 1.67. The number of morpholine rings is 1. The molecule has 158 valence electrons. The van der Waals surface area contributed by atoms with Gasteiger partial charge in [0.2, 0.25) is 0 Å². The molecule has 0 bridgehead atoms. The first-order valence-electron chi connectivity index (χ1n) is 10.2. The molecule has 0 amide bonds. The fraction of sp³-hybridized carbons (Fsp3) is 0.240. The minimum absolute atomic E-state index is 0.466. The zero-order valence-corrected chi connectivity index (χ0v) is 19.0. The summed E-state index contributed by atoms with van der Waals surface area (Å²) >= 11 is 12.3. The second-order valence-electron chi connectivity index (χ2n) is 7.57. The molecule has 1 aliphatic heterocycles. The van der Waals surface area contributed by atoms with E-state index in [2.05, 4.69) is 59.7 Å². The first-order chi connectivity index (χ1) is 15.0. The molecule has 0 unspecified atom stereocenters. The van der Waals surface area contributed by atoms with Gasteiger partial charge < -0.3 is 14.2 Å². The molecule has 2 heterocycles. The van der Waals surface area contributed by atoms with Crippen LogP contribution >= 0.6 is 23.2 Å². The van der Waals surface area contributed by atoms with Crippen molar-refractivity contribution in [3.8, 4) is 11.8 Å². The van der Waals surface area contributed by atoms with Crippen LogP contribution in [0.5, 0.6) is 0 Å². The van der Waals surface area contributed by atoms with E-state index in [-0.39, 0.29) is 0 Å². The van der Waals surface area contributed by atoms with Gasteiger partial charge in [-0.3, -0.25) is 0 Å². The highest BCUT2D eigenvalue weighted by Gasteiger charge is 2.14. The predicted octanol–water partition coefficient (Wildman–Crippen LogP) is 6.30. The van der Waals surface area contributed by atoms with Gasteiger partial charge in [-0.1, -0.05) is 29.3 Å². The van der Waals surface area contributed by atoms with Crippen molar-refractivity contribution >= 4 is 40.5 Å². The van der Waals surface area contributed by atoms with Crippen LogP contribution in [0.15, 0.2) is 48.5 Å². The molecular formula is C25H23Cl2N3O. The number of rotatable bonds is 4. The van der Waals surface area contributed by atoms with Gasteiger partial charge in [-0.05, 0) is 68.0 Å². The van der Waals surface area contributed by atoms with Crippen molar-refractivity contribution in [1.82, 2.24) is 4.57 Å². The van der Waals surface area contributed by atoms with Crippen molar-refractivity contribution < 1.29 is 4.74 Å². The van der Waals surface area contributed by atoms with Crippen LogP contribution in [-0.2, 0) is 4.74 Å².